The Morgan fingerprint density at radius 2 is 1.75 bits per heavy atom. The van der Waals surface area contributed by atoms with Gasteiger partial charge in [-0.3, -0.25) is 4.79 Å². The number of hydrogen-bond acceptors (Lipinski definition) is 3. The summed E-state index contributed by atoms with van der Waals surface area (Å²) in [6.45, 7) is 6.75. The van der Waals surface area contributed by atoms with Crippen LogP contribution in [0, 0.1) is 17.3 Å². The Hall–Kier alpha value is -0.353. The van der Waals surface area contributed by atoms with Crippen LogP contribution in [0.25, 0.3) is 0 Å². The van der Waals surface area contributed by atoms with Crippen molar-refractivity contribution in [2.24, 2.45) is 17.3 Å². The molecular formula is C16H28O3Si. The second-order valence-electron chi connectivity index (χ2n) is 7.97. The van der Waals surface area contributed by atoms with E-state index in [1.165, 1.54) is 45.6 Å². The van der Waals surface area contributed by atoms with E-state index < -0.39 is 8.32 Å². The lowest BCUT2D eigenvalue weighted by atomic mass is 9.40. The molecule has 0 amide bonds. The predicted octanol–water partition coefficient (Wildman–Crippen LogP) is 3.74. The van der Waals surface area contributed by atoms with Crippen LogP contribution in [0.3, 0.4) is 0 Å². The van der Waals surface area contributed by atoms with Crippen LogP contribution in [-0.4, -0.2) is 27.0 Å². The Morgan fingerprint density at radius 3 is 2.40 bits per heavy atom. The fraction of sp³-hybridized carbons (Fsp3) is 0.938. The molecule has 3 aliphatic carbocycles. The van der Waals surface area contributed by atoms with Crippen LogP contribution in [0.4, 0.5) is 0 Å². The summed E-state index contributed by atoms with van der Waals surface area (Å²) in [5.41, 5.74) is 0.106. The van der Waals surface area contributed by atoms with E-state index in [9.17, 15) is 4.79 Å². The molecule has 3 saturated carbocycles. The number of hydrogen-bond donors (Lipinski definition) is 0. The van der Waals surface area contributed by atoms with E-state index in [-0.39, 0.29) is 17.5 Å². The SMILES string of the molecule is COC(=O)[C@@H]1[C@H]2CCC[C@]23CCCC[C@]13O[Si](C)(C)C. The van der Waals surface area contributed by atoms with Crippen LogP contribution in [0.15, 0.2) is 0 Å². The summed E-state index contributed by atoms with van der Waals surface area (Å²) in [7, 11) is -0.151. The van der Waals surface area contributed by atoms with Crippen LogP contribution in [0.5, 0.6) is 0 Å². The Kier molecular flexibility index (Phi) is 3.33. The van der Waals surface area contributed by atoms with Gasteiger partial charge in [0.1, 0.15) is 0 Å². The number of carbonyl (C=O) groups excluding carboxylic acids is 1. The van der Waals surface area contributed by atoms with E-state index in [1.807, 2.05) is 0 Å². The van der Waals surface area contributed by atoms with Crippen LogP contribution in [0.1, 0.15) is 44.9 Å². The molecule has 20 heavy (non-hydrogen) atoms. The minimum absolute atomic E-state index is 0.00187. The van der Waals surface area contributed by atoms with E-state index in [0.29, 0.717) is 11.3 Å². The number of esters is 1. The van der Waals surface area contributed by atoms with Gasteiger partial charge in [0, 0.05) is 5.41 Å². The van der Waals surface area contributed by atoms with Crippen molar-refractivity contribution in [1.29, 1.82) is 0 Å². The van der Waals surface area contributed by atoms with Gasteiger partial charge in [-0.2, -0.15) is 0 Å². The lowest BCUT2D eigenvalue weighted by Crippen LogP contribution is -2.74. The van der Waals surface area contributed by atoms with Crippen LogP contribution in [0.2, 0.25) is 19.6 Å². The Labute approximate surface area is 123 Å². The Balaban J connectivity index is 2.00. The molecule has 1 spiro atoms. The molecule has 0 heterocycles. The maximum Gasteiger partial charge on any atom is 0.311 e. The molecule has 0 aromatic heterocycles. The second kappa shape index (κ2) is 4.57. The van der Waals surface area contributed by atoms with Crippen LogP contribution in [-0.2, 0) is 14.0 Å². The average Bonchev–Trinajstić information content (AvgIpc) is 2.69. The third-order valence-corrected chi connectivity index (χ3v) is 6.94. The molecule has 3 aliphatic rings. The molecule has 3 nitrogen and oxygen atoms in total. The standard InChI is InChI=1S/C16H28O3Si/c1-18-14(17)13-12-8-7-10-15(12)9-5-6-11-16(13,15)19-20(2,3)4/h12-13H,5-11H2,1-4H3/t12-,13+,15-,16+/m1/s1. The molecule has 4 heteroatoms. The van der Waals surface area contributed by atoms with Gasteiger partial charge < -0.3 is 9.16 Å². The minimum atomic E-state index is -1.68. The monoisotopic (exact) mass is 296 g/mol. The van der Waals surface area contributed by atoms with Gasteiger partial charge in [-0.15, -0.1) is 0 Å². The van der Waals surface area contributed by atoms with E-state index in [0.717, 1.165) is 6.42 Å². The van der Waals surface area contributed by atoms with Crippen molar-refractivity contribution in [3.05, 3.63) is 0 Å². The summed E-state index contributed by atoms with van der Waals surface area (Å²) in [4.78, 5) is 12.4. The fourth-order valence-corrected chi connectivity index (χ4v) is 7.17. The molecule has 0 saturated heterocycles. The van der Waals surface area contributed by atoms with Gasteiger partial charge in [0.15, 0.2) is 8.32 Å². The Bertz CT molecular complexity index is 416. The molecule has 0 aliphatic heterocycles. The van der Waals surface area contributed by atoms with E-state index in [2.05, 4.69) is 19.6 Å². The van der Waals surface area contributed by atoms with Crippen molar-refractivity contribution in [2.45, 2.75) is 70.2 Å². The van der Waals surface area contributed by atoms with E-state index in [1.54, 1.807) is 0 Å². The topological polar surface area (TPSA) is 35.5 Å². The van der Waals surface area contributed by atoms with Gasteiger partial charge in [-0.25, -0.2) is 0 Å². The first-order valence-corrected chi connectivity index (χ1v) is 11.6. The van der Waals surface area contributed by atoms with Gasteiger partial charge in [0.2, 0.25) is 0 Å². The highest BCUT2D eigenvalue weighted by Crippen LogP contribution is 2.73. The van der Waals surface area contributed by atoms with Gasteiger partial charge in [-0.05, 0) is 51.2 Å². The van der Waals surface area contributed by atoms with Crippen LogP contribution >= 0.6 is 0 Å². The zero-order valence-electron chi connectivity index (χ0n) is 13.3. The molecule has 0 aromatic carbocycles. The highest BCUT2D eigenvalue weighted by Gasteiger charge is 2.76. The lowest BCUT2D eigenvalue weighted by Gasteiger charge is -2.69. The number of rotatable bonds is 3. The normalized spacial score (nSPS) is 43.4. The fourth-order valence-electron chi connectivity index (χ4n) is 5.65. The first kappa shape index (κ1) is 14.6. The van der Waals surface area contributed by atoms with Crippen LogP contribution < -0.4 is 0 Å². The van der Waals surface area contributed by atoms with E-state index >= 15 is 0 Å². The third kappa shape index (κ3) is 1.76. The zero-order chi connectivity index (χ0) is 14.6. The molecule has 3 rings (SSSR count). The van der Waals surface area contributed by atoms with Gasteiger partial charge >= 0.3 is 5.97 Å². The van der Waals surface area contributed by atoms with Crippen molar-refractivity contribution in [3.8, 4) is 0 Å². The van der Waals surface area contributed by atoms with Crippen molar-refractivity contribution < 1.29 is 14.0 Å². The van der Waals surface area contributed by atoms with Crippen molar-refractivity contribution >= 4 is 14.3 Å². The number of ether oxygens (including phenoxy) is 1. The largest absolute Gasteiger partial charge is 0.469 e. The molecule has 0 unspecified atom stereocenters. The van der Waals surface area contributed by atoms with Gasteiger partial charge in [0.05, 0.1) is 18.6 Å². The molecular weight excluding hydrogens is 268 g/mol. The maximum atomic E-state index is 12.4. The van der Waals surface area contributed by atoms with Crippen molar-refractivity contribution in [1.82, 2.24) is 0 Å². The van der Waals surface area contributed by atoms with E-state index in [4.69, 9.17) is 9.16 Å². The summed E-state index contributed by atoms with van der Waals surface area (Å²) in [6, 6.07) is 0. The molecule has 0 bridgehead atoms. The third-order valence-electron chi connectivity index (χ3n) is 5.96. The smallest absolute Gasteiger partial charge is 0.311 e. The average molecular weight is 296 g/mol. The Morgan fingerprint density at radius 1 is 1.10 bits per heavy atom. The first-order valence-electron chi connectivity index (χ1n) is 8.14. The summed E-state index contributed by atoms with van der Waals surface area (Å²) in [6.07, 6.45) is 8.54. The molecule has 114 valence electrons. The predicted molar refractivity (Wildman–Crippen MR) is 80.9 cm³/mol. The highest BCUT2D eigenvalue weighted by atomic mass is 28.4. The number of methoxy groups -OCH3 is 1. The highest BCUT2D eigenvalue weighted by molar-refractivity contribution is 6.69. The number of carbonyl (C=O) groups is 1. The molecule has 3 fully saturated rings. The molecule has 0 radical (unpaired) electrons. The molecule has 0 N–H and O–H groups in total. The summed E-state index contributed by atoms with van der Waals surface area (Å²) >= 11 is 0. The van der Waals surface area contributed by atoms with Gasteiger partial charge in [0.25, 0.3) is 0 Å². The summed E-state index contributed by atoms with van der Waals surface area (Å²) in [5.74, 6) is 0.501. The maximum absolute atomic E-state index is 12.4. The summed E-state index contributed by atoms with van der Waals surface area (Å²) < 4.78 is 11.9. The lowest BCUT2D eigenvalue weighted by molar-refractivity contribution is -0.261. The van der Waals surface area contributed by atoms with Crippen molar-refractivity contribution in [3.63, 3.8) is 0 Å². The molecule has 0 aromatic rings. The summed E-state index contributed by atoms with van der Waals surface area (Å²) in [5, 5.41) is 0. The zero-order valence-corrected chi connectivity index (χ0v) is 14.3. The van der Waals surface area contributed by atoms with Gasteiger partial charge in [-0.1, -0.05) is 19.3 Å². The van der Waals surface area contributed by atoms with Crippen molar-refractivity contribution in [2.75, 3.05) is 7.11 Å². The minimum Gasteiger partial charge on any atom is -0.469 e. The quantitative estimate of drug-likeness (QED) is 0.588. The first-order chi connectivity index (χ1) is 9.36. The second-order valence-corrected chi connectivity index (χ2v) is 12.4. The molecule has 4 atom stereocenters.